The SMILES string of the molecule is COCCn1c(=NC(=O)c2ccc(OC)c(OC)c2)sc2cc(OC)ccc21. The molecule has 8 heteroatoms. The number of benzene rings is 2. The summed E-state index contributed by atoms with van der Waals surface area (Å²) in [5, 5.41) is 0. The van der Waals surface area contributed by atoms with Crippen molar-refractivity contribution >= 4 is 27.5 Å². The Morgan fingerprint density at radius 2 is 1.79 bits per heavy atom. The third-order valence-corrected chi connectivity index (χ3v) is 5.28. The van der Waals surface area contributed by atoms with Crippen LogP contribution in [0.1, 0.15) is 10.4 Å². The predicted molar refractivity (Wildman–Crippen MR) is 108 cm³/mol. The molecule has 0 bridgehead atoms. The third-order valence-electron chi connectivity index (χ3n) is 4.24. The average molecular weight is 402 g/mol. The lowest BCUT2D eigenvalue weighted by molar-refractivity contribution is 0.0997. The second kappa shape index (κ2) is 8.90. The summed E-state index contributed by atoms with van der Waals surface area (Å²) in [7, 11) is 6.35. The normalized spacial score (nSPS) is 11.6. The fraction of sp³-hybridized carbons (Fsp3) is 0.300. The molecule has 0 aliphatic rings. The van der Waals surface area contributed by atoms with Crippen molar-refractivity contribution in [2.24, 2.45) is 4.99 Å². The number of amides is 1. The summed E-state index contributed by atoms with van der Waals surface area (Å²) in [4.78, 5) is 17.7. The Morgan fingerprint density at radius 1 is 1.00 bits per heavy atom. The van der Waals surface area contributed by atoms with Gasteiger partial charge in [-0.2, -0.15) is 4.99 Å². The van der Waals surface area contributed by atoms with E-state index in [0.29, 0.717) is 35.0 Å². The van der Waals surface area contributed by atoms with Crippen LogP contribution in [0.25, 0.3) is 10.2 Å². The molecule has 0 spiro atoms. The first kappa shape index (κ1) is 19.9. The molecule has 0 fully saturated rings. The summed E-state index contributed by atoms with van der Waals surface area (Å²) in [5.41, 5.74) is 1.40. The molecule has 148 valence electrons. The highest BCUT2D eigenvalue weighted by Crippen LogP contribution is 2.28. The predicted octanol–water partition coefficient (Wildman–Crippen LogP) is 3.12. The number of aromatic nitrogens is 1. The van der Waals surface area contributed by atoms with Crippen LogP contribution in [-0.4, -0.2) is 45.5 Å². The Balaban J connectivity index is 2.07. The van der Waals surface area contributed by atoms with E-state index in [1.54, 1.807) is 39.5 Å². The Labute approximate surface area is 166 Å². The summed E-state index contributed by atoms with van der Waals surface area (Å²) >= 11 is 1.43. The van der Waals surface area contributed by atoms with E-state index in [0.717, 1.165) is 16.0 Å². The molecule has 0 saturated carbocycles. The molecule has 0 aliphatic heterocycles. The van der Waals surface area contributed by atoms with Gasteiger partial charge in [0.2, 0.25) is 0 Å². The molecule has 28 heavy (non-hydrogen) atoms. The number of nitrogens with zero attached hydrogens (tertiary/aromatic N) is 2. The van der Waals surface area contributed by atoms with Gasteiger partial charge in [0.1, 0.15) is 5.75 Å². The summed E-state index contributed by atoms with van der Waals surface area (Å²) in [6.45, 7) is 1.09. The van der Waals surface area contributed by atoms with Crippen LogP contribution in [0.4, 0.5) is 0 Å². The van der Waals surface area contributed by atoms with E-state index in [9.17, 15) is 4.79 Å². The number of rotatable bonds is 7. The van der Waals surface area contributed by atoms with Crippen molar-refractivity contribution in [2.75, 3.05) is 35.0 Å². The molecule has 0 atom stereocenters. The molecule has 0 N–H and O–H groups in total. The Hall–Kier alpha value is -2.84. The van der Waals surface area contributed by atoms with E-state index in [2.05, 4.69) is 4.99 Å². The summed E-state index contributed by atoms with van der Waals surface area (Å²) in [5.74, 6) is 1.44. The smallest absolute Gasteiger partial charge is 0.279 e. The topological polar surface area (TPSA) is 71.3 Å². The quantitative estimate of drug-likeness (QED) is 0.607. The van der Waals surface area contributed by atoms with Crippen LogP contribution < -0.4 is 19.0 Å². The zero-order valence-corrected chi connectivity index (χ0v) is 17.0. The molecule has 1 heterocycles. The maximum absolute atomic E-state index is 12.8. The van der Waals surface area contributed by atoms with Crippen LogP contribution in [0, 0.1) is 0 Å². The van der Waals surface area contributed by atoms with Crippen LogP contribution in [0.3, 0.4) is 0 Å². The molecule has 0 aliphatic carbocycles. The Bertz CT molecular complexity index is 1050. The van der Waals surface area contributed by atoms with Gasteiger partial charge < -0.3 is 23.5 Å². The number of thiazole rings is 1. The van der Waals surface area contributed by atoms with Gasteiger partial charge in [-0.3, -0.25) is 4.79 Å². The van der Waals surface area contributed by atoms with Gasteiger partial charge in [-0.05, 0) is 36.4 Å². The monoisotopic (exact) mass is 402 g/mol. The van der Waals surface area contributed by atoms with Crippen molar-refractivity contribution < 1.29 is 23.7 Å². The minimum absolute atomic E-state index is 0.356. The molecule has 0 saturated heterocycles. The zero-order valence-electron chi connectivity index (χ0n) is 16.2. The number of ether oxygens (including phenoxy) is 4. The molecule has 7 nitrogen and oxygen atoms in total. The van der Waals surface area contributed by atoms with E-state index >= 15 is 0 Å². The van der Waals surface area contributed by atoms with Gasteiger partial charge >= 0.3 is 0 Å². The van der Waals surface area contributed by atoms with E-state index < -0.39 is 0 Å². The molecule has 0 unspecified atom stereocenters. The van der Waals surface area contributed by atoms with E-state index in [1.807, 2.05) is 22.8 Å². The lowest BCUT2D eigenvalue weighted by Gasteiger charge is -2.08. The molecular formula is C20H22N2O5S. The van der Waals surface area contributed by atoms with Gasteiger partial charge in [-0.25, -0.2) is 0 Å². The van der Waals surface area contributed by atoms with Gasteiger partial charge in [0.15, 0.2) is 16.3 Å². The maximum Gasteiger partial charge on any atom is 0.279 e. The number of carbonyl (C=O) groups is 1. The highest BCUT2D eigenvalue weighted by atomic mass is 32.1. The lowest BCUT2D eigenvalue weighted by Crippen LogP contribution is -2.19. The minimum atomic E-state index is -0.356. The summed E-state index contributed by atoms with van der Waals surface area (Å²) in [6, 6.07) is 10.8. The number of hydrogen-bond acceptors (Lipinski definition) is 6. The largest absolute Gasteiger partial charge is 0.497 e. The molecule has 3 aromatic rings. The molecule has 1 aromatic heterocycles. The Kier molecular flexibility index (Phi) is 6.33. The average Bonchev–Trinajstić information content (AvgIpc) is 3.07. The van der Waals surface area contributed by atoms with Gasteiger partial charge in [-0.15, -0.1) is 0 Å². The van der Waals surface area contributed by atoms with Crippen molar-refractivity contribution in [1.82, 2.24) is 4.57 Å². The fourth-order valence-corrected chi connectivity index (χ4v) is 3.87. The van der Waals surface area contributed by atoms with Gasteiger partial charge in [0.05, 0.1) is 38.2 Å². The Morgan fingerprint density at radius 3 is 2.46 bits per heavy atom. The standard InChI is InChI=1S/C20H22N2O5S/c1-24-10-9-22-15-7-6-14(25-2)12-18(15)28-20(22)21-19(23)13-5-8-16(26-3)17(11-13)27-4/h5-8,11-12H,9-10H2,1-4H3. The molecular weight excluding hydrogens is 380 g/mol. The lowest BCUT2D eigenvalue weighted by atomic mass is 10.2. The number of methoxy groups -OCH3 is 4. The van der Waals surface area contributed by atoms with Crippen molar-refractivity contribution in [1.29, 1.82) is 0 Å². The first-order chi connectivity index (χ1) is 13.6. The highest BCUT2D eigenvalue weighted by Gasteiger charge is 2.13. The second-order valence-electron chi connectivity index (χ2n) is 5.85. The maximum atomic E-state index is 12.8. The third kappa shape index (κ3) is 4.02. The molecule has 0 radical (unpaired) electrons. The fourth-order valence-electron chi connectivity index (χ4n) is 2.79. The van der Waals surface area contributed by atoms with Crippen LogP contribution >= 0.6 is 11.3 Å². The van der Waals surface area contributed by atoms with E-state index in [4.69, 9.17) is 18.9 Å². The summed E-state index contributed by atoms with van der Waals surface area (Å²) in [6.07, 6.45) is 0. The van der Waals surface area contributed by atoms with Gasteiger partial charge in [0, 0.05) is 19.2 Å². The van der Waals surface area contributed by atoms with Crippen molar-refractivity contribution in [3.63, 3.8) is 0 Å². The number of hydrogen-bond donors (Lipinski definition) is 0. The minimum Gasteiger partial charge on any atom is -0.497 e. The van der Waals surface area contributed by atoms with Gasteiger partial charge in [0.25, 0.3) is 5.91 Å². The first-order valence-electron chi connectivity index (χ1n) is 8.58. The van der Waals surface area contributed by atoms with Crippen LogP contribution in [0.2, 0.25) is 0 Å². The zero-order chi connectivity index (χ0) is 20.1. The van der Waals surface area contributed by atoms with Crippen molar-refractivity contribution in [2.45, 2.75) is 6.54 Å². The van der Waals surface area contributed by atoms with E-state index in [1.165, 1.54) is 18.4 Å². The first-order valence-corrected chi connectivity index (χ1v) is 9.40. The molecule has 3 rings (SSSR count). The van der Waals surface area contributed by atoms with Crippen LogP contribution in [0.5, 0.6) is 17.2 Å². The van der Waals surface area contributed by atoms with Gasteiger partial charge in [-0.1, -0.05) is 11.3 Å². The van der Waals surface area contributed by atoms with Crippen LogP contribution in [0.15, 0.2) is 41.4 Å². The summed E-state index contributed by atoms with van der Waals surface area (Å²) < 4.78 is 24.0. The van der Waals surface area contributed by atoms with E-state index in [-0.39, 0.29) is 5.91 Å². The molecule has 2 aromatic carbocycles. The van der Waals surface area contributed by atoms with Crippen molar-refractivity contribution in [3.05, 3.63) is 46.8 Å². The molecule has 1 amide bonds. The number of carbonyl (C=O) groups excluding carboxylic acids is 1. The number of fused-ring (bicyclic) bond motifs is 1. The second-order valence-corrected chi connectivity index (χ2v) is 6.86. The van der Waals surface area contributed by atoms with Crippen molar-refractivity contribution in [3.8, 4) is 17.2 Å². The van der Waals surface area contributed by atoms with Crippen LogP contribution in [-0.2, 0) is 11.3 Å². The highest BCUT2D eigenvalue weighted by molar-refractivity contribution is 7.16.